The number of nitrogens with zero attached hydrogens (tertiary/aromatic N) is 1. The Morgan fingerprint density at radius 1 is 1.56 bits per heavy atom. The fourth-order valence-electron chi connectivity index (χ4n) is 1.62. The third kappa shape index (κ3) is 2.32. The average molecular weight is 271 g/mol. The summed E-state index contributed by atoms with van der Waals surface area (Å²) in [5.41, 5.74) is 0. The molecule has 18 heavy (non-hydrogen) atoms. The zero-order valence-corrected chi connectivity index (χ0v) is 10.4. The summed E-state index contributed by atoms with van der Waals surface area (Å²) in [6.45, 7) is 3.71. The highest BCUT2D eigenvalue weighted by atomic mass is 32.2. The summed E-state index contributed by atoms with van der Waals surface area (Å²) >= 11 is 0. The van der Waals surface area contributed by atoms with Crippen molar-refractivity contribution < 1.29 is 22.7 Å². The molecule has 1 aromatic heterocycles. The minimum atomic E-state index is -3.78. The summed E-state index contributed by atoms with van der Waals surface area (Å²) in [5.74, 6) is -1.68. The van der Waals surface area contributed by atoms with Crippen LogP contribution < -0.4 is 0 Å². The van der Waals surface area contributed by atoms with Gasteiger partial charge < -0.3 is 9.52 Å². The van der Waals surface area contributed by atoms with Crippen molar-refractivity contribution in [2.24, 2.45) is 0 Å². The number of carboxylic acid groups (broad SMARTS) is 1. The summed E-state index contributed by atoms with van der Waals surface area (Å²) in [5, 5.41) is 8.37. The number of rotatable bonds is 6. The fraction of sp³-hybridized carbons (Fsp3) is 0.364. The highest BCUT2D eigenvalue weighted by Gasteiger charge is 2.39. The highest BCUT2D eigenvalue weighted by molar-refractivity contribution is 7.89. The average Bonchev–Trinajstić information content (AvgIpc) is 2.99. The van der Waals surface area contributed by atoms with Crippen LogP contribution in [0.1, 0.15) is 23.4 Å². The number of aromatic carboxylic acids is 1. The molecule has 0 saturated heterocycles. The second kappa shape index (κ2) is 4.58. The van der Waals surface area contributed by atoms with Crippen molar-refractivity contribution in [1.82, 2.24) is 4.31 Å². The third-order valence-corrected chi connectivity index (χ3v) is 4.41. The molecule has 1 heterocycles. The smallest absolute Gasteiger partial charge is 0.371 e. The lowest BCUT2D eigenvalue weighted by molar-refractivity contribution is 0.0656. The van der Waals surface area contributed by atoms with Gasteiger partial charge in [-0.15, -0.1) is 6.58 Å². The molecule has 1 fully saturated rings. The first-order chi connectivity index (χ1) is 8.46. The summed E-state index contributed by atoms with van der Waals surface area (Å²) in [7, 11) is -3.78. The Bertz CT molecular complexity index is 570. The van der Waals surface area contributed by atoms with E-state index >= 15 is 0 Å². The normalized spacial score (nSPS) is 15.8. The molecule has 0 bridgehead atoms. The summed E-state index contributed by atoms with van der Waals surface area (Å²) < 4.78 is 30.6. The molecule has 0 unspecified atom stereocenters. The summed E-state index contributed by atoms with van der Waals surface area (Å²) in [6, 6.07) is 2.26. The van der Waals surface area contributed by atoms with Gasteiger partial charge in [0.1, 0.15) is 0 Å². The summed E-state index contributed by atoms with van der Waals surface area (Å²) in [4.78, 5) is 10.7. The number of carbonyl (C=O) groups is 1. The molecule has 1 N–H and O–H groups in total. The first-order valence-corrected chi connectivity index (χ1v) is 6.86. The van der Waals surface area contributed by atoms with Crippen molar-refractivity contribution in [2.45, 2.75) is 24.0 Å². The maximum absolute atomic E-state index is 12.2. The lowest BCUT2D eigenvalue weighted by Gasteiger charge is -2.18. The van der Waals surface area contributed by atoms with Gasteiger partial charge >= 0.3 is 5.97 Å². The number of hydrogen-bond acceptors (Lipinski definition) is 4. The zero-order valence-electron chi connectivity index (χ0n) is 9.57. The van der Waals surface area contributed by atoms with Gasteiger partial charge in [-0.05, 0) is 25.0 Å². The van der Waals surface area contributed by atoms with Crippen LogP contribution in [0.15, 0.2) is 34.3 Å². The maximum atomic E-state index is 12.2. The standard InChI is InChI=1S/C11H13NO5S/c1-2-7-12(8-3-4-8)18(15,16)10-6-5-9(17-10)11(13)14/h2,5-6,8H,1,3-4,7H2,(H,13,14). The molecule has 0 amide bonds. The van der Waals surface area contributed by atoms with Gasteiger partial charge in [-0.2, -0.15) is 4.31 Å². The molecule has 0 spiro atoms. The highest BCUT2D eigenvalue weighted by Crippen LogP contribution is 2.32. The van der Waals surface area contributed by atoms with Crippen LogP contribution in [0, 0.1) is 0 Å². The van der Waals surface area contributed by atoms with Crippen LogP contribution in [-0.4, -0.2) is 36.4 Å². The monoisotopic (exact) mass is 271 g/mol. The van der Waals surface area contributed by atoms with Crippen molar-refractivity contribution in [3.8, 4) is 0 Å². The molecule has 1 saturated carbocycles. The van der Waals surface area contributed by atoms with Gasteiger partial charge in [-0.1, -0.05) is 6.08 Å². The van der Waals surface area contributed by atoms with Crippen molar-refractivity contribution >= 4 is 16.0 Å². The molecule has 0 radical (unpaired) electrons. The van der Waals surface area contributed by atoms with Gasteiger partial charge in [0.15, 0.2) is 0 Å². The van der Waals surface area contributed by atoms with Crippen LogP contribution >= 0.6 is 0 Å². The minimum Gasteiger partial charge on any atom is -0.475 e. The molecule has 98 valence electrons. The van der Waals surface area contributed by atoms with Gasteiger partial charge in [0.25, 0.3) is 10.0 Å². The van der Waals surface area contributed by atoms with Crippen LogP contribution in [-0.2, 0) is 10.0 Å². The number of carboxylic acids is 1. The molecule has 0 aliphatic heterocycles. The first-order valence-electron chi connectivity index (χ1n) is 5.42. The Balaban J connectivity index is 2.32. The van der Waals surface area contributed by atoms with Crippen LogP contribution in [0.5, 0.6) is 0 Å². The van der Waals surface area contributed by atoms with E-state index in [4.69, 9.17) is 9.52 Å². The predicted molar refractivity (Wildman–Crippen MR) is 62.8 cm³/mol. The van der Waals surface area contributed by atoms with E-state index < -0.39 is 16.0 Å². The second-order valence-electron chi connectivity index (χ2n) is 4.02. The lowest BCUT2D eigenvalue weighted by Crippen LogP contribution is -2.33. The molecule has 1 aromatic rings. The van der Waals surface area contributed by atoms with E-state index in [1.54, 1.807) is 0 Å². The van der Waals surface area contributed by atoms with Crippen molar-refractivity contribution in [3.63, 3.8) is 0 Å². The van der Waals surface area contributed by atoms with Gasteiger partial charge in [0.05, 0.1) is 0 Å². The van der Waals surface area contributed by atoms with Crippen molar-refractivity contribution in [2.75, 3.05) is 6.54 Å². The Morgan fingerprint density at radius 3 is 2.67 bits per heavy atom. The Kier molecular flexibility index (Phi) is 3.27. The maximum Gasteiger partial charge on any atom is 0.371 e. The topological polar surface area (TPSA) is 87.8 Å². The number of furan rings is 1. The third-order valence-electron chi connectivity index (χ3n) is 2.62. The largest absolute Gasteiger partial charge is 0.475 e. The van der Waals surface area contributed by atoms with Gasteiger partial charge in [-0.25, -0.2) is 13.2 Å². The van der Waals surface area contributed by atoms with E-state index in [0.717, 1.165) is 25.0 Å². The summed E-state index contributed by atoms with van der Waals surface area (Å²) in [6.07, 6.45) is 3.11. The molecule has 1 aliphatic rings. The van der Waals surface area contributed by atoms with Gasteiger partial charge in [0.2, 0.25) is 10.9 Å². The van der Waals surface area contributed by atoms with Crippen molar-refractivity contribution in [3.05, 3.63) is 30.5 Å². The van der Waals surface area contributed by atoms with E-state index in [1.807, 2.05) is 0 Å². The van der Waals surface area contributed by atoms with E-state index in [9.17, 15) is 13.2 Å². The Hall–Kier alpha value is -1.60. The van der Waals surface area contributed by atoms with Crippen LogP contribution in [0.2, 0.25) is 0 Å². The van der Waals surface area contributed by atoms with Gasteiger partial charge in [-0.3, -0.25) is 0 Å². The second-order valence-corrected chi connectivity index (χ2v) is 5.84. The van der Waals surface area contributed by atoms with Crippen LogP contribution in [0.3, 0.4) is 0 Å². The van der Waals surface area contributed by atoms with E-state index in [0.29, 0.717) is 0 Å². The minimum absolute atomic E-state index is 0.0358. The molecule has 6 nitrogen and oxygen atoms in total. The number of hydrogen-bond donors (Lipinski definition) is 1. The molecule has 0 atom stereocenters. The van der Waals surface area contributed by atoms with Crippen LogP contribution in [0.4, 0.5) is 0 Å². The van der Waals surface area contributed by atoms with E-state index in [2.05, 4.69) is 6.58 Å². The fourth-order valence-corrected chi connectivity index (χ4v) is 3.19. The Morgan fingerprint density at radius 2 is 2.22 bits per heavy atom. The Labute approximate surface area is 105 Å². The predicted octanol–water partition coefficient (Wildman–Crippen LogP) is 1.32. The first kappa shape index (κ1) is 12.8. The molecule has 2 rings (SSSR count). The molecule has 1 aliphatic carbocycles. The van der Waals surface area contributed by atoms with E-state index in [-0.39, 0.29) is 23.4 Å². The molecular weight excluding hydrogens is 258 g/mol. The molecule has 7 heteroatoms. The lowest BCUT2D eigenvalue weighted by atomic mass is 10.5. The van der Waals surface area contributed by atoms with E-state index in [1.165, 1.54) is 10.4 Å². The van der Waals surface area contributed by atoms with Gasteiger partial charge in [0, 0.05) is 12.6 Å². The van der Waals surface area contributed by atoms with Crippen LogP contribution in [0.25, 0.3) is 0 Å². The molecular formula is C11H13NO5S. The zero-order chi connectivity index (χ0) is 13.3. The SMILES string of the molecule is C=CCN(C1CC1)S(=O)(=O)c1ccc(C(=O)O)o1. The van der Waals surface area contributed by atoms with Crippen molar-refractivity contribution in [1.29, 1.82) is 0 Å². The quantitative estimate of drug-likeness (QED) is 0.788. The number of sulfonamides is 1. The molecule has 0 aromatic carbocycles.